The number of nitrogens with one attached hydrogen (secondary N) is 2. The van der Waals surface area contributed by atoms with Crippen molar-refractivity contribution in [3.05, 3.63) is 46.8 Å². The molecule has 2 rings (SSSR count). The van der Waals surface area contributed by atoms with E-state index in [1.54, 1.807) is 19.2 Å². The highest BCUT2D eigenvalue weighted by Crippen LogP contribution is 2.23. The number of benzene rings is 1. The number of hydrogen-bond donors (Lipinski definition) is 2. The largest absolute Gasteiger partial charge is 0.484 e. The van der Waals surface area contributed by atoms with E-state index < -0.39 is 12.8 Å². The van der Waals surface area contributed by atoms with E-state index in [2.05, 4.69) is 27.6 Å². The number of rotatable bonds is 8. The third kappa shape index (κ3) is 7.61. The maximum atomic E-state index is 12.5. The summed E-state index contributed by atoms with van der Waals surface area (Å²) < 4.78 is 44.5. The van der Waals surface area contributed by atoms with Crippen molar-refractivity contribution in [3.63, 3.8) is 0 Å². The van der Waals surface area contributed by atoms with E-state index >= 15 is 0 Å². The zero-order chi connectivity index (χ0) is 22.3. The summed E-state index contributed by atoms with van der Waals surface area (Å²) in [5.41, 5.74) is 3.57. The van der Waals surface area contributed by atoms with Gasteiger partial charge in [-0.25, -0.2) is 0 Å². The summed E-state index contributed by atoms with van der Waals surface area (Å²) in [5.74, 6) is 1.08. The molecule has 0 aliphatic heterocycles. The van der Waals surface area contributed by atoms with E-state index in [1.807, 2.05) is 37.6 Å². The second kappa shape index (κ2) is 10.4. The maximum absolute atomic E-state index is 12.5. The summed E-state index contributed by atoms with van der Waals surface area (Å²) in [5, 5.41) is 10.9. The SMILES string of the molecule is CN=C(NCc1ccc(C)cc1OCC(F)(F)F)NCC(C)Cn1nc(C)cc1C. The summed E-state index contributed by atoms with van der Waals surface area (Å²) in [7, 11) is 1.65. The topological polar surface area (TPSA) is 63.5 Å². The van der Waals surface area contributed by atoms with E-state index in [0.717, 1.165) is 23.5 Å². The Bertz CT molecular complexity index is 861. The van der Waals surface area contributed by atoms with Crippen LogP contribution in [0.1, 0.15) is 29.4 Å². The number of guanidine groups is 1. The summed E-state index contributed by atoms with van der Waals surface area (Å²) in [6.45, 7) is 8.33. The van der Waals surface area contributed by atoms with Gasteiger partial charge in [0, 0.05) is 37.9 Å². The van der Waals surface area contributed by atoms with E-state index in [0.29, 0.717) is 30.5 Å². The van der Waals surface area contributed by atoms with Crippen LogP contribution in [0, 0.1) is 26.7 Å². The van der Waals surface area contributed by atoms with Crippen LogP contribution >= 0.6 is 0 Å². The molecule has 166 valence electrons. The van der Waals surface area contributed by atoms with Crippen molar-refractivity contribution in [3.8, 4) is 5.75 Å². The molecular weight excluding hydrogens is 395 g/mol. The highest BCUT2D eigenvalue weighted by molar-refractivity contribution is 5.79. The number of nitrogens with zero attached hydrogens (tertiary/aromatic N) is 3. The van der Waals surface area contributed by atoms with Crippen LogP contribution in [0.3, 0.4) is 0 Å². The predicted molar refractivity (Wildman–Crippen MR) is 112 cm³/mol. The first-order chi connectivity index (χ1) is 14.1. The highest BCUT2D eigenvalue weighted by atomic mass is 19.4. The Labute approximate surface area is 175 Å². The molecule has 0 aliphatic rings. The van der Waals surface area contributed by atoms with E-state index in [9.17, 15) is 13.2 Å². The van der Waals surface area contributed by atoms with Crippen LogP contribution in [0.2, 0.25) is 0 Å². The average Bonchev–Trinajstić information content (AvgIpc) is 2.97. The molecular formula is C21H30F3N5O. The number of aliphatic imine (C=N–C) groups is 1. The molecule has 0 amide bonds. The molecule has 6 nitrogen and oxygen atoms in total. The zero-order valence-electron chi connectivity index (χ0n) is 18.1. The van der Waals surface area contributed by atoms with Gasteiger partial charge in [0.1, 0.15) is 5.75 Å². The summed E-state index contributed by atoms with van der Waals surface area (Å²) in [4.78, 5) is 4.19. The van der Waals surface area contributed by atoms with Gasteiger partial charge in [-0.1, -0.05) is 19.1 Å². The van der Waals surface area contributed by atoms with Gasteiger partial charge < -0.3 is 15.4 Å². The molecule has 1 heterocycles. The predicted octanol–water partition coefficient (Wildman–Crippen LogP) is 3.75. The molecule has 0 saturated heterocycles. The molecule has 0 fully saturated rings. The first-order valence-corrected chi connectivity index (χ1v) is 9.82. The number of alkyl halides is 3. The van der Waals surface area contributed by atoms with Gasteiger partial charge >= 0.3 is 6.18 Å². The fraction of sp³-hybridized carbons (Fsp3) is 0.524. The van der Waals surface area contributed by atoms with Crippen molar-refractivity contribution in [1.29, 1.82) is 0 Å². The molecule has 30 heavy (non-hydrogen) atoms. The Morgan fingerprint density at radius 1 is 1.20 bits per heavy atom. The van der Waals surface area contributed by atoms with E-state index in [4.69, 9.17) is 4.74 Å². The van der Waals surface area contributed by atoms with Crippen LogP contribution in [0.5, 0.6) is 5.75 Å². The Hall–Kier alpha value is -2.71. The van der Waals surface area contributed by atoms with Crippen molar-refractivity contribution < 1.29 is 17.9 Å². The number of aromatic nitrogens is 2. The summed E-state index contributed by atoms with van der Waals surface area (Å²) >= 11 is 0. The quantitative estimate of drug-likeness (QED) is 0.500. The van der Waals surface area contributed by atoms with Gasteiger partial charge in [-0.05, 0) is 44.4 Å². The molecule has 2 aromatic rings. The van der Waals surface area contributed by atoms with Gasteiger partial charge in [-0.15, -0.1) is 0 Å². The molecule has 0 bridgehead atoms. The van der Waals surface area contributed by atoms with Crippen molar-refractivity contribution in [2.75, 3.05) is 20.2 Å². The first kappa shape index (κ1) is 23.6. The molecule has 1 aromatic carbocycles. The van der Waals surface area contributed by atoms with Crippen molar-refractivity contribution in [2.45, 2.75) is 47.0 Å². The second-order valence-corrected chi connectivity index (χ2v) is 7.54. The minimum atomic E-state index is -4.38. The third-order valence-electron chi connectivity index (χ3n) is 4.49. The summed E-state index contributed by atoms with van der Waals surface area (Å²) in [6.07, 6.45) is -4.38. The minimum Gasteiger partial charge on any atom is -0.484 e. The zero-order valence-corrected chi connectivity index (χ0v) is 18.1. The fourth-order valence-corrected chi connectivity index (χ4v) is 2.99. The lowest BCUT2D eigenvalue weighted by atomic mass is 10.1. The molecule has 1 aromatic heterocycles. The molecule has 1 unspecified atom stereocenters. The average molecular weight is 425 g/mol. The number of halogens is 3. The van der Waals surface area contributed by atoms with Gasteiger partial charge in [-0.2, -0.15) is 18.3 Å². The Morgan fingerprint density at radius 2 is 1.93 bits per heavy atom. The van der Waals surface area contributed by atoms with Crippen molar-refractivity contribution >= 4 is 5.96 Å². The van der Waals surface area contributed by atoms with Crippen molar-refractivity contribution in [2.24, 2.45) is 10.9 Å². The normalized spacial score (nSPS) is 13.3. The Kier molecular flexibility index (Phi) is 8.14. The van der Waals surface area contributed by atoms with Gasteiger partial charge in [0.2, 0.25) is 0 Å². The molecule has 0 spiro atoms. The van der Waals surface area contributed by atoms with Crippen LogP contribution in [0.25, 0.3) is 0 Å². The lowest BCUT2D eigenvalue weighted by Crippen LogP contribution is -2.39. The number of hydrogen-bond acceptors (Lipinski definition) is 3. The monoisotopic (exact) mass is 425 g/mol. The van der Waals surface area contributed by atoms with Crippen LogP contribution in [-0.2, 0) is 13.1 Å². The second-order valence-electron chi connectivity index (χ2n) is 7.54. The Morgan fingerprint density at radius 3 is 2.53 bits per heavy atom. The third-order valence-corrected chi connectivity index (χ3v) is 4.49. The fourth-order valence-electron chi connectivity index (χ4n) is 2.99. The lowest BCUT2D eigenvalue weighted by Gasteiger charge is -2.18. The lowest BCUT2D eigenvalue weighted by molar-refractivity contribution is -0.153. The van der Waals surface area contributed by atoms with Gasteiger partial charge in [0.05, 0.1) is 5.69 Å². The standard InChI is InChI=1S/C21H30F3N5O/c1-14-6-7-18(19(8-14)30-13-21(22,23)24)11-27-20(25-5)26-10-15(2)12-29-17(4)9-16(3)28-29/h6-9,15H,10-13H2,1-5H3,(H2,25,26,27). The minimum absolute atomic E-state index is 0.216. The van der Waals surface area contributed by atoms with E-state index in [1.165, 1.54) is 0 Å². The van der Waals surface area contributed by atoms with Crippen LogP contribution in [0.4, 0.5) is 13.2 Å². The van der Waals surface area contributed by atoms with Crippen LogP contribution < -0.4 is 15.4 Å². The first-order valence-electron chi connectivity index (χ1n) is 9.82. The van der Waals surface area contributed by atoms with Crippen LogP contribution in [-0.4, -0.2) is 42.1 Å². The van der Waals surface area contributed by atoms with Gasteiger partial charge in [0.15, 0.2) is 12.6 Å². The Balaban J connectivity index is 1.90. The van der Waals surface area contributed by atoms with Crippen molar-refractivity contribution in [1.82, 2.24) is 20.4 Å². The number of ether oxygens (including phenoxy) is 1. The molecule has 9 heteroatoms. The maximum Gasteiger partial charge on any atom is 0.422 e. The molecule has 0 radical (unpaired) electrons. The summed E-state index contributed by atoms with van der Waals surface area (Å²) in [6, 6.07) is 7.24. The molecule has 1 atom stereocenters. The molecule has 0 aliphatic carbocycles. The molecule has 2 N–H and O–H groups in total. The van der Waals surface area contributed by atoms with Gasteiger partial charge in [0.25, 0.3) is 0 Å². The molecule has 0 saturated carbocycles. The van der Waals surface area contributed by atoms with Gasteiger partial charge in [-0.3, -0.25) is 9.67 Å². The van der Waals surface area contributed by atoms with E-state index in [-0.39, 0.29) is 5.75 Å². The number of aryl methyl sites for hydroxylation is 3. The highest BCUT2D eigenvalue weighted by Gasteiger charge is 2.28. The smallest absolute Gasteiger partial charge is 0.422 e. The van der Waals surface area contributed by atoms with Crippen LogP contribution in [0.15, 0.2) is 29.3 Å².